The fourth-order valence-electron chi connectivity index (χ4n) is 4.51. The Morgan fingerprint density at radius 3 is 2.48 bits per heavy atom. The molecule has 2 atom stereocenters. The topological polar surface area (TPSA) is 73.0 Å². The van der Waals surface area contributed by atoms with Crippen molar-refractivity contribution < 1.29 is 14.4 Å². The van der Waals surface area contributed by atoms with Crippen LogP contribution in [0.4, 0.5) is 5.69 Å². The first-order valence-corrected chi connectivity index (χ1v) is 10.5. The maximum absolute atomic E-state index is 13.8. The summed E-state index contributed by atoms with van der Waals surface area (Å²) in [6, 6.07) is 17.1. The Labute approximate surface area is 182 Å². The van der Waals surface area contributed by atoms with E-state index in [0.717, 1.165) is 5.56 Å². The van der Waals surface area contributed by atoms with Gasteiger partial charge in [-0.15, -0.1) is 0 Å². The number of hydrogen-bond donors (Lipinski definition) is 1. The molecule has 7 heteroatoms. The Hall–Kier alpha value is -3.19. The van der Waals surface area contributed by atoms with Crippen LogP contribution >= 0.6 is 0 Å². The number of anilines is 1. The second-order valence-corrected chi connectivity index (χ2v) is 8.81. The molecule has 2 heterocycles. The van der Waals surface area contributed by atoms with Gasteiger partial charge in [0.15, 0.2) is 0 Å². The molecular weight excluding hydrogens is 392 g/mol. The average Bonchev–Trinajstić information content (AvgIpc) is 3.06. The molecule has 1 saturated heterocycles. The molecule has 31 heavy (non-hydrogen) atoms. The van der Waals surface area contributed by atoms with Crippen LogP contribution in [0.2, 0.25) is 0 Å². The number of likely N-dealkylation sites (tertiary alicyclic amines) is 1. The van der Waals surface area contributed by atoms with E-state index in [-0.39, 0.29) is 24.3 Å². The number of carbonyl (C=O) groups is 3. The van der Waals surface area contributed by atoms with Gasteiger partial charge in [-0.3, -0.25) is 19.3 Å². The summed E-state index contributed by atoms with van der Waals surface area (Å²) in [6.07, 6.45) is 0. The van der Waals surface area contributed by atoms with Gasteiger partial charge in [-0.25, -0.2) is 0 Å². The molecule has 0 aliphatic carbocycles. The molecule has 7 nitrogen and oxygen atoms in total. The van der Waals surface area contributed by atoms with Crippen molar-refractivity contribution in [2.75, 3.05) is 38.6 Å². The van der Waals surface area contributed by atoms with Crippen LogP contribution in [-0.2, 0) is 16.1 Å². The highest BCUT2D eigenvalue weighted by molar-refractivity contribution is 6.09. The zero-order valence-electron chi connectivity index (χ0n) is 18.2. The van der Waals surface area contributed by atoms with E-state index >= 15 is 0 Å². The molecule has 162 valence electrons. The van der Waals surface area contributed by atoms with E-state index in [1.165, 1.54) is 9.80 Å². The third kappa shape index (κ3) is 4.05. The molecule has 0 spiro atoms. The predicted molar refractivity (Wildman–Crippen MR) is 119 cm³/mol. The van der Waals surface area contributed by atoms with Gasteiger partial charge >= 0.3 is 0 Å². The van der Waals surface area contributed by atoms with Gasteiger partial charge in [0.1, 0.15) is 6.54 Å². The van der Waals surface area contributed by atoms with Crippen molar-refractivity contribution in [2.45, 2.75) is 19.0 Å². The second kappa shape index (κ2) is 8.15. The first kappa shape index (κ1) is 21.1. The normalized spacial score (nSPS) is 23.5. The highest BCUT2D eigenvalue weighted by Gasteiger charge is 2.51. The zero-order chi connectivity index (χ0) is 22.2. The minimum absolute atomic E-state index is 0.0958. The summed E-state index contributed by atoms with van der Waals surface area (Å²) in [5, 5.41) is 3.13. The number of carbonyl (C=O) groups excluding carboxylic acids is 3. The minimum Gasteiger partial charge on any atom is -0.347 e. The van der Waals surface area contributed by atoms with Gasteiger partial charge in [0.05, 0.1) is 22.7 Å². The first-order chi connectivity index (χ1) is 14.8. The Bertz CT molecular complexity index is 1010. The van der Waals surface area contributed by atoms with Crippen molar-refractivity contribution in [2.24, 2.45) is 5.92 Å². The summed E-state index contributed by atoms with van der Waals surface area (Å²) in [4.78, 5) is 44.7. The molecule has 0 unspecified atom stereocenters. The van der Waals surface area contributed by atoms with Gasteiger partial charge in [-0.05, 0) is 24.6 Å². The number of benzene rings is 2. The molecule has 2 aliphatic rings. The van der Waals surface area contributed by atoms with Gasteiger partial charge < -0.3 is 15.1 Å². The molecule has 1 N–H and O–H groups in total. The van der Waals surface area contributed by atoms with Gasteiger partial charge in [-0.1, -0.05) is 42.5 Å². The SMILES string of the molecule is CN(C)C(=O)CN1C(=O)[C@@H]2CN(Cc3ccccc3)C[C@]2(C)NC(=O)c2ccccc21. The summed E-state index contributed by atoms with van der Waals surface area (Å²) in [7, 11) is 3.33. The van der Waals surface area contributed by atoms with Crippen molar-refractivity contribution in [1.29, 1.82) is 0 Å². The average molecular weight is 421 g/mol. The number of nitrogens with one attached hydrogen (secondary N) is 1. The van der Waals surface area contributed by atoms with Crippen molar-refractivity contribution >= 4 is 23.4 Å². The molecule has 4 rings (SSSR count). The number of para-hydroxylation sites is 1. The van der Waals surface area contributed by atoms with Crippen LogP contribution in [0.5, 0.6) is 0 Å². The van der Waals surface area contributed by atoms with Gasteiger partial charge in [0.2, 0.25) is 11.8 Å². The first-order valence-electron chi connectivity index (χ1n) is 10.5. The Morgan fingerprint density at radius 2 is 1.77 bits per heavy atom. The molecule has 2 aliphatic heterocycles. The number of rotatable bonds is 4. The quantitative estimate of drug-likeness (QED) is 0.818. The molecule has 1 fully saturated rings. The molecule has 0 aromatic heterocycles. The Balaban J connectivity index is 1.70. The van der Waals surface area contributed by atoms with Crippen LogP contribution in [0, 0.1) is 5.92 Å². The summed E-state index contributed by atoms with van der Waals surface area (Å²) in [5.74, 6) is -1.01. The van der Waals surface area contributed by atoms with Crippen LogP contribution in [0.1, 0.15) is 22.8 Å². The highest BCUT2D eigenvalue weighted by Crippen LogP contribution is 2.35. The van der Waals surface area contributed by atoms with Gasteiger partial charge in [-0.2, -0.15) is 0 Å². The van der Waals surface area contributed by atoms with Crippen molar-refractivity contribution in [3.8, 4) is 0 Å². The van der Waals surface area contributed by atoms with E-state index in [1.54, 1.807) is 38.4 Å². The number of likely N-dealkylation sites (N-methyl/N-ethyl adjacent to an activating group) is 1. The van der Waals surface area contributed by atoms with E-state index in [1.807, 2.05) is 25.1 Å². The van der Waals surface area contributed by atoms with Crippen LogP contribution in [0.15, 0.2) is 54.6 Å². The lowest BCUT2D eigenvalue weighted by Crippen LogP contribution is -2.59. The van der Waals surface area contributed by atoms with Crippen molar-refractivity contribution in [3.63, 3.8) is 0 Å². The van der Waals surface area contributed by atoms with E-state index in [0.29, 0.717) is 30.9 Å². The molecule has 3 amide bonds. The van der Waals surface area contributed by atoms with E-state index in [9.17, 15) is 14.4 Å². The molecule has 2 aromatic carbocycles. The van der Waals surface area contributed by atoms with Crippen molar-refractivity contribution in [3.05, 3.63) is 65.7 Å². The molecule has 0 radical (unpaired) electrons. The summed E-state index contributed by atoms with van der Waals surface area (Å²) < 4.78 is 0. The maximum atomic E-state index is 13.8. The Kier molecular flexibility index (Phi) is 5.54. The van der Waals surface area contributed by atoms with Crippen LogP contribution < -0.4 is 10.2 Å². The van der Waals surface area contributed by atoms with Gasteiger partial charge in [0, 0.05) is 33.7 Å². The fourth-order valence-corrected chi connectivity index (χ4v) is 4.51. The van der Waals surface area contributed by atoms with Gasteiger partial charge in [0.25, 0.3) is 5.91 Å². The predicted octanol–water partition coefficient (Wildman–Crippen LogP) is 1.74. The van der Waals surface area contributed by atoms with Crippen LogP contribution in [0.3, 0.4) is 0 Å². The lowest BCUT2D eigenvalue weighted by Gasteiger charge is -2.38. The number of nitrogens with zero attached hydrogens (tertiary/aromatic N) is 3. The second-order valence-electron chi connectivity index (χ2n) is 8.81. The summed E-state index contributed by atoms with van der Waals surface area (Å²) in [6.45, 7) is 3.60. The van der Waals surface area contributed by atoms with E-state index in [4.69, 9.17) is 0 Å². The third-order valence-electron chi connectivity index (χ3n) is 6.21. The molecule has 0 saturated carbocycles. The monoisotopic (exact) mass is 420 g/mol. The van der Waals surface area contributed by atoms with Crippen molar-refractivity contribution in [1.82, 2.24) is 15.1 Å². The largest absolute Gasteiger partial charge is 0.347 e. The number of hydrogen-bond acceptors (Lipinski definition) is 4. The van der Waals surface area contributed by atoms with Crippen LogP contribution in [-0.4, -0.2) is 66.8 Å². The highest BCUT2D eigenvalue weighted by atomic mass is 16.2. The van der Waals surface area contributed by atoms with Crippen LogP contribution in [0.25, 0.3) is 0 Å². The Morgan fingerprint density at radius 1 is 1.10 bits per heavy atom. The minimum atomic E-state index is -0.726. The lowest BCUT2D eigenvalue weighted by molar-refractivity contribution is -0.130. The fraction of sp³-hybridized carbons (Fsp3) is 0.375. The standard InChI is InChI=1S/C24H28N4O3/c1-24-16-27(13-17-9-5-4-6-10-17)14-19(24)23(31)28(15-21(29)26(2)3)20-12-8-7-11-18(20)22(30)25-24/h4-12,19H,13-16H2,1-3H3,(H,25,30)/t19-,24-/m0/s1. The number of fused-ring (bicyclic) bond motifs is 2. The molecular formula is C24H28N4O3. The molecule has 0 bridgehead atoms. The number of amides is 3. The van der Waals surface area contributed by atoms with E-state index in [2.05, 4.69) is 22.3 Å². The zero-order valence-corrected chi connectivity index (χ0v) is 18.2. The smallest absolute Gasteiger partial charge is 0.253 e. The molecule has 2 aromatic rings. The lowest BCUT2D eigenvalue weighted by atomic mass is 9.86. The van der Waals surface area contributed by atoms with E-state index < -0.39 is 11.5 Å². The maximum Gasteiger partial charge on any atom is 0.253 e. The summed E-state index contributed by atoms with van der Waals surface area (Å²) >= 11 is 0. The summed E-state index contributed by atoms with van der Waals surface area (Å²) in [5.41, 5.74) is 1.31. The third-order valence-corrected chi connectivity index (χ3v) is 6.21.